The van der Waals surface area contributed by atoms with E-state index in [0.29, 0.717) is 11.8 Å². The summed E-state index contributed by atoms with van der Waals surface area (Å²) in [4.78, 5) is 17.9. The van der Waals surface area contributed by atoms with Crippen LogP contribution in [0.4, 0.5) is 0 Å². The number of piperazine rings is 1. The maximum atomic E-state index is 13.5. The van der Waals surface area contributed by atoms with E-state index in [0.717, 1.165) is 25.4 Å². The van der Waals surface area contributed by atoms with Crippen molar-refractivity contribution in [1.82, 2.24) is 9.80 Å². The lowest BCUT2D eigenvalue weighted by Gasteiger charge is -2.41. The lowest BCUT2D eigenvalue weighted by atomic mass is 9.91. The molecule has 0 spiro atoms. The van der Waals surface area contributed by atoms with Crippen LogP contribution in [0.3, 0.4) is 0 Å². The Morgan fingerprint density at radius 1 is 1.07 bits per heavy atom. The van der Waals surface area contributed by atoms with Gasteiger partial charge in [-0.1, -0.05) is 42.5 Å². The summed E-state index contributed by atoms with van der Waals surface area (Å²) < 4.78 is 5.39. The van der Waals surface area contributed by atoms with Gasteiger partial charge in [-0.3, -0.25) is 9.69 Å². The van der Waals surface area contributed by atoms with Crippen molar-refractivity contribution in [1.29, 1.82) is 0 Å². The largest absolute Gasteiger partial charge is 0.497 e. The van der Waals surface area contributed by atoms with Crippen LogP contribution in [0.5, 0.6) is 5.75 Å². The van der Waals surface area contributed by atoms with Gasteiger partial charge in [0.2, 0.25) is 5.91 Å². The van der Waals surface area contributed by atoms with Crippen LogP contribution in [0.25, 0.3) is 0 Å². The predicted octanol–water partition coefficient (Wildman–Crippen LogP) is 3.70. The summed E-state index contributed by atoms with van der Waals surface area (Å²) in [6.07, 6.45) is 2.33. The lowest BCUT2D eigenvalue weighted by molar-refractivity contribution is -0.136. The molecule has 2 aliphatic rings. The number of methoxy groups -OCH3 is 1. The molecule has 4 heteroatoms. The number of likely N-dealkylation sites (N-methyl/N-ethyl adjacent to an activating group) is 1. The molecule has 0 N–H and O–H groups in total. The molecule has 0 radical (unpaired) electrons. The monoisotopic (exact) mass is 364 g/mol. The SMILES string of the molecule is COc1cccc(C2CN(C(=O)C(c3ccccc3)C3CC3)CCN2C)c1. The van der Waals surface area contributed by atoms with E-state index < -0.39 is 0 Å². The van der Waals surface area contributed by atoms with E-state index in [-0.39, 0.29) is 12.0 Å². The Hall–Kier alpha value is -2.33. The molecule has 0 bridgehead atoms. The van der Waals surface area contributed by atoms with E-state index in [1.807, 2.05) is 30.3 Å². The van der Waals surface area contributed by atoms with Crippen molar-refractivity contribution >= 4 is 5.91 Å². The van der Waals surface area contributed by atoms with Crippen LogP contribution in [-0.4, -0.2) is 49.5 Å². The van der Waals surface area contributed by atoms with Crippen molar-refractivity contribution in [3.05, 3.63) is 65.7 Å². The van der Waals surface area contributed by atoms with Crippen molar-refractivity contribution in [2.75, 3.05) is 33.8 Å². The van der Waals surface area contributed by atoms with Gasteiger partial charge in [0.25, 0.3) is 0 Å². The molecule has 0 aromatic heterocycles. The van der Waals surface area contributed by atoms with Crippen molar-refractivity contribution < 1.29 is 9.53 Å². The third-order valence-electron chi connectivity index (χ3n) is 5.96. The molecule has 1 heterocycles. The zero-order valence-electron chi connectivity index (χ0n) is 16.2. The highest BCUT2D eigenvalue weighted by molar-refractivity contribution is 5.84. The van der Waals surface area contributed by atoms with Crippen LogP contribution in [0.1, 0.15) is 35.9 Å². The highest BCUT2D eigenvalue weighted by atomic mass is 16.5. The average Bonchev–Trinajstić information content (AvgIpc) is 3.54. The first-order valence-corrected chi connectivity index (χ1v) is 9.85. The van der Waals surface area contributed by atoms with E-state index >= 15 is 0 Å². The van der Waals surface area contributed by atoms with Crippen LogP contribution in [0.2, 0.25) is 0 Å². The molecule has 2 aromatic carbocycles. The van der Waals surface area contributed by atoms with Crippen LogP contribution < -0.4 is 4.74 Å². The number of benzene rings is 2. The number of hydrogen-bond acceptors (Lipinski definition) is 3. The zero-order valence-corrected chi connectivity index (χ0v) is 16.2. The maximum absolute atomic E-state index is 13.5. The topological polar surface area (TPSA) is 32.8 Å². The Labute approximate surface area is 161 Å². The summed E-state index contributed by atoms with van der Waals surface area (Å²) in [5.41, 5.74) is 2.37. The number of ether oxygens (including phenoxy) is 1. The standard InChI is InChI=1S/C23H28N2O2/c1-24-13-14-25(16-21(24)19-9-6-10-20(15-19)27-2)23(26)22(18-11-12-18)17-7-4-3-5-8-17/h3-10,15,18,21-22H,11-14,16H2,1-2H3. The van der Waals surface area contributed by atoms with E-state index in [1.165, 1.54) is 24.0 Å². The zero-order chi connectivity index (χ0) is 18.8. The maximum Gasteiger partial charge on any atom is 0.230 e. The number of carbonyl (C=O) groups is 1. The molecule has 1 amide bonds. The fourth-order valence-corrected chi connectivity index (χ4v) is 4.19. The Morgan fingerprint density at radius 2 is 1.85 bits per heavy atom. The van der Waals surface area contributed by atoms with Gasteiger partial charge in [-0.15, -0.1) is 0 Å². The third-order valence-corrected chi connectivity index (χ3v) is 5.96. The highest BCUT2D eigenvalue weighted by Crippen LogP contribution is 2.44. The van der Waals surface area contributed by atoms with Gasteiger partial charge in [-0.2, -0.15) is 0 Å². The minimum Gasteiger partial charge on any atom is -0.497 e. The summed E-state index contributed by atoms with van der Waals surface area (Å²) in [5, 5.41) is 0. The van der Waals surface area contributed by atoms with Gasteiger partial charge in [0, 0.05) is 19.6 Å². The van der Waals surface area contributed by atoms with Gasteiger partial charge in [0.1, 0.15) is 5.75 Å². The van der Waals surface area contributed by atoms with Gasteiger partial charge in [0.05, 0.1) is 19.1 Å². The molecule has 4 rings (SSSR count). The normalized spacial score (nSPS) is 21.7. The quantitative estimate of drug-likeness (QED) is 0.811. The van der Waals surface area contributed by atoms with Crippen LogP contribution >= 0.6 is 0 Å². The van der Waals surface area contributed by atoms with Crippen molar-refractivity contribution in [2.45, 2.75) is 24.8 Å². The highest BCUT2D eigenvalue weighted by Gasteiger charge is 2.40. The molecule has 27 heavy (non-hydrogen) atoms. The fourth-order valence-electron chi connectivity index (χ4n) is 4.19. The lowest BCUT2D eigenvalue weighted by Crippen LogP contribution is -2.50. The summed E-state index contributed by atoms with van der Waals surface area (Å²) in [6, 6.07) is 18.7. The van der Waals surface area contributed by atoms with Gasteiger partial charge >= 0.3 is 0 Å². The second-order valence-corrected chi connectivity index (χ2v) is 7.78. The summed E-state index contributed by atoms with van der Waals surface area (Å²) in [7, 11) is 3.83. The first-order valence-electron chi connectivity index (χ1n) is 9.85. The smallest absolute Gasteiger partial charge is 0.230 e. The van der Waals surface area contributed by atoms with Gasteiger partial charge in [0.15, 0.2) is 0 Å². The minimum atomic E-state index is 0.0144. The molecule has 1 aliphatic carbocycles. The molecule has 142 valence electrons. The van der Waals surface area contributed by atoms with Crippen molar-refractivity contribution in [2.24, 2.45) is 5.92 Å². The Morgan fingerprint density at radius 3 is 2.56 bits per heavy atom. The minimum absolute atomic E-state index is 0.0144. The summed E-state index contributed by atoms with van der Waals surface area (Å²) >= 11 is 0. The average molecular weight is 364 g/mol. The molecule has 1 saturated heterocycles. The second-order valence-electron chi connectivity index (χ2n) is 7.78. The molecule has 2 aromatic rings. The van der Waals surface area contributed by atoms with Gasteiger partial charge in [-0.05, 0) is 49.1 Å². The molecule has 4 nitrogen and oxygen atoms in total. The first-order chi connectivity index (χ1) is 13.2. The number of hydrogen-bond donors (Lipinski definition) is 0. The first kappa shape index (κ1) is 18.1. The number of nitrogens with zero attached hydrogens (tertiary/aromatic N) is 2. The number of amides is 1. The van der Waals surface area contributed by atoms with Crippen molar-refractivity contribution in [3.8, 4) is 5.75 Å². The van der Waals surface area contributed by atoms with Crippen molar-refractivity contribution in [3.63, 3.8) is 0 Å². The van der Waals surface area contributed by atoms with Gasteiger partial charge < -0.3 is 9.64 Å². The third kappa shape index (κ3) is 3.86. The number of carbonyl (C=O) groups excluding carboxylic acids is 1. The van der Waals surface area contributed by atoms with Gasteiger partial charge in [-0.25, -0.2) is 0 Å². The van der Waals surface area contributed by atoms with E-state index in [9.17, 15) is 4.79 Å². The predicted molar refractivity (Wildman–Crippen MR) is 107 cm³/mol. The van der Waals surface area contributed by atoms with Crippen LogP contribution in [0, 0.1) is 5.92 Å². The molecular formula is C23H28N2O2. The Balaban J connectivity index is 1.55. The van der Waals surface area contributed by atoms with Crippen LogP contribution in [-0.2, 0) is 4.79 Å². The molecule has 2 fully saturated rings. The Kier molecular flexibility index (Phi) is 5.17. The molecule has 1 aliphatic heterocycles. The van der Waals surface area contributed by atoms with E-state index in [4.69, 9.17) is 4.74 Å². The Bertz CT molecular complexity index is 788. The summed E-state index contributed by atoms with van der Waals surface area (Å²) in [5.74, 6) is 1.68. The molecule has 1 saturated carbocycles. The second kappa shape index (κ2) is 7.73. The molecule has 2 atom stereocenters. The van der Waals surface area contributed by atoms with E-state index in [1.54, 1.807) is 7.11 Å². The molecular weight excluding hydrogens is 336 g/mol. The van der Waals surface area contributed by atoms with E-state index in [2.05, 4.69) is 41.1 Å². The van der Waals surface area contributed by atoms with Crippen LogP contribution in [0.15, 0.2) is 54.6 Å². The molecule has 2 unspecified atom stereocenters. The fraction of sp³-hybridized carbons (Fsp3) is 0.435. The summed E-state index contributed by atoms with van der Waals surface area (Å²) in [6.45, 7) is 2.42. The number of rotatable bonds is 5.